The number of para-hydroxylation sites is 2. The second-order valence-corrected chi connectivity index (χ2v) is 8.28. The van der Waals surface area contributed by atoms with Gasteiger partial charge in [0, 0.05) is 16.1 Å². The Labute approximate surface area is 189 Å². The highest BCUT2D eigenvalue weighted by Gasteiger charge is 2.35. The van der Waals surface area contributed by atoms with Crippen LogP contribution in [0, 0.1) is 0 Å². The molecule has 0 radical (unpaired) electrons. The fourth-order valence-electron chi connectivity index (χ4n) is 3.80. The second-order valence-electron chi connectivity index (χ2n) is 7.31. The number of nitrogens with zero attached hydrogens (tertiary/aromatic N) is 3. The van der Waals surface area contributed by atoms with Gasteiger partial charge in [0.1, 0.15) is 11.8 Å². The number of carbonyl (C=O) groups excluding carboxylic acids is 1. The summed E-state index contributed by atoms with van der Waals surface area (Å²) in [5.41, 5.74) is 2.84. The topological polar surface area (TPSA) is 81.1 Å². The molecule has 0 aliphatic carbocycles. The Balaban J connectivity index is 1.57. The van der Waals surface area contributed by atoms with Crippen molar-refractivity contribution in [2.75, 3.05) is 17.7 Å². The Kier molecular flexibility index (Phi) is 5.20. The van der Waals surface area contributed by atoms with Crippen molar-refractivity contribution in [3.63, 3.8) is 0 Å². The second kappa shape index (κ2) is 8.32. The van der Waals surface area contributed by atoms with Gasteiger partial charge >= 0.3 is 0 Å². The van der Waals surface area contributed by atoms with Crippen LogP contribution in [0.1, 0.15) is 17.8 Å². The standard InChI is InChI=1S/C24H21N5O2S/c1-15-20(23(30)26-17-11-6-7-12-18(17)31-2)21(19-13-8-14-32-19)29-24(25-15)27-22(28-29)16-9-4-3-5-10-16/h3-14,21H,1-2H3,(H,26,30)(H,25,27,28). The summed E-state index contributed by atoms with van der Waals surface area (Å²) < 4.78 is 7.19. The molecule has 160 valence electrons. The number of ether oxygens (including phenoxy) is 1. The third-order valence-electron chi connectivity index (χ3n) is 5.30. The minimum atomic E-state index is -0.397. The van der Waals surface area contributed by atoms with E-state index in [2.05, 4.69) is 10.6 Å². The first kappa shape index (κ1) is 20.0. The lowest BCUT2D eigenvalue weighted by Gasteiger charge is -2.27. The van der Waals surface area contributed by atoms with Crippen molar-refractivity contribution in [2.24, 2.45) is 0 Å². The van der Waals surface area contributed by atoms with Crippen LogP contribution in [-0.4, -0.2) is 27.8 Å². The number of anilines is 2. The van der Waals surface area contributed by atoms with Gasteiger partial charge in [-0.15, -0.1) is 16.4 Å². The minimum Gasteiger partial charge on any atom is -0.495 e. The van der Waals surface area contributed by atoms with Gasteiger partial charge in [-0.25, -0.2) is 4.68 Å². The number of aromatic nitrogens is 3. The summed E-state index contributed by atoms with van der Waals surface area (Å²) in [4.78, 5) is 19.2. The Morgan fingerprint density at radius 3 is 2.62 bits per heavy atom. The van der Waals surface area contributed by atoms with Gasteiger partial charge in [-0.2, -0.15) is 4.98 Å². The van der Waals surface area contributed by atoms with Crippen molar-refractivity contribution < 1.29 is 9.53 Å². The number of hydrogen-bond donors (Lipinski definition) is 2. The number of nitrogens with one attached hydrogen (secondary N) is 2. The molecule has 0 saturated carbocycles. The van der Waals surface area contributed by atoms with E-state index in [1.807, 2.05) is 79.0 Å². The molecular formula is C24H21N5O2S. The van der Waals surface area contributed by atoms with Crippen molar-refractivity contribution >= 4 is 28.9 Å². The van der Waals surface area contributed by atoms with Gasteiger partial charge in [0.2, 0.25) is 5.95 Å². The van der Waals surface area contributed by atoms with Crippen LogP contribution in [0.25, 0.3) is 11.4 Å². The largest absolute Gasteiger partial charge is 0.495 e. The Morgan fingerprint density at radius 1 is 1.09 bits per heavy atom. The monoisotopic (exact) mass is 443 g/mol. The van der Waals surface area contributed by atoms with Crippen LogP contribution in [0.4, 0.5) is 11.6 Å². The molecule has 1 unspecified atom stereocenters. The highest BCUT2D eigenvalue weighted by atomic mass is 32.1. The maximum absolute atomic E-state index is 13.5. The first-order valence-corrected chi connectivity index (χ1v) is 11.0. The Morgan fingerprint density at radius 2 is 1.88 bits per heavy atom. The Bertz CT molecular complexity index is 1300. The van der Waals surface area contributed by atoms with Gasteiger partial charge in [0.15, 0.2) is 5.82 Å². The normalized spacial score (nSPS) is 15.1. The summed E-state index contributed by atoms with van der Waals surface area (Å²) in [6.07, 6.45) is 0. The fraction of sp³-hybridized carbons (Fsp3) is 0.125. The number of carbonyl (C=O) groups is 1. The van der Waals surface area contributed by atoms with Crippen molar-refractivity contribution in [1.29, 1.82) is 0 Å². The molecule has 1 atom stereocenters. The zero-order valence-corrected chi connectivity index (χ0v) is 18.4. The van der Waals surface area contributed by atoms with Gasteiger partial charge in [-0.05, 0) is 30.5 Å². The first-order chi connectivity index (χ1) is 15.7. The van der Waals surface area contributed by atoms with E-state index in [1.54, 1.807) is 23.1 Å². The molecule has 32 heavy (non-hydrogen) atoms. The van der Waals surface area contributed by atoms with E-state index in [9.17, 15) is 4.79 Å². The average molecular weight is 444 g/mol. The zero-order valence-electron chi connectivity index (χ0n) is 17.6. The van der Waals surface area contributed by atoms with E-state index >= 15 is 0 Å². The van der Waals surface area contributed by atoms with Crippen molar-refractivity contribution in [2.45, 2.75) is 13.0 Å². The predicted molar refractivity (Wildman–Crippen MR) is 126 cm³/mol. The van der Waals surface area contributed by atoms with E-state index in [0.717, 1.165) is 16.1 Å². The summed E-state index contributed by atoms with van der Waals surface area (Å²) in [5.74, 6) is 1.59. The predicted octanol–water partition coefficient (Wildman–Crippen LogP) is 4.94. The van der Waals surface area contributed by atoms with Crippen LogP contribution < -0.4 is 15.4 Å². The number of hydrogen-bond acceptors (Lipinski definition) is 6. The summed E-state index contributed by atoms with van der Waals surface area (Å²) in [6.45, 7) is 1.89. The third-order valence-corrected chi connectivity index (χ3v) is 6.22. The number of allylic oxidation sites excluding steroid dienone is 1. The van der Waals surface area contributed by atoms with Crippen molar-refractivity contribution in [3.8, 4) is 17.1 Å². The lowest BCUT2D eigenvalue weighted by molar-refractivity contribution is -0.113. The molecule has 1 amide bonds. The minimum absolute atomic E-state index is 0.222. The number of fused-ring (bicyclic) bond motifs is 1. The molecule has 2 N–H and O–H groups in total. The van der Waals surface area contributed by atoms with Crippen LogP contribution in [0.15, 0.2) is 83.4 Å². The van der Waals surface area contributed by atoms with E-state index < -0.39 is 6.04 Å². The van der Waals surface area contributed by atoms with E-state index in [4.69, 9.17) is 14.8 Å². The summed E-state index contributed by atoms with van der Waals surface area (Å²) >= 11 is 1.58. The lowest BCUT2D eigenvalue weighted by Crippen LogP contribution is -2.31. The van der Waals surface area contributed by atoms with E-state index in [0.29, 0.717) is 28.8 Å². The molecule has 0 bridgehead atoms. The van der Waals surface area contributed by atoms with Crippen LogP contribution in [-0.2, 0) is 4.79 Å². The fourth-order valence-corrected chi connectivity index (χ4v) is 4.62. The Hall–Kier alpha value is -3.91. The third kappa shape index (κ3) is 3.54. The zero-order chi connectivity index (χ0) is 22.1. The number of thiophene rings is 1. The quantitative estimate of drug-likeness (QED) is 0.457. The molecule has 4 aromatic rings. The molecule has 5 rings (SSSR count). The van der Waals surface area contributed by atoms with Crippen LogP contribution in [0.3, 0.4) is 0 Å². The van der Waals surface area contributed by atoms with E-state index in [1.165, 1.54) is 0 Å². The van der Waals surface area contributed by atoms with Crippen molar-refractivity contribution in [3.05, 3.63) is 88.3 Å². The van der Waals surface area contributed by atoms with Gasteiger partial charge in [0.25, 0.3) is 5.91 Å². The molecule has 2 aromatic heterocycles. The van der Waals surface area contributed by atoms with Crippen LogP contribution in [0.2, 0.25) is 0 Å². The molecule has 0 saturated heterocycles. The molecular weight excluding hydrogens is 422 g/mol. The summed E-state index contributed by atoms with van der Waals surface area (Å²) in [6, 6.07) is 20.7. The number of benzene rings is 2. The molecule has 1 aliphatic rings. The maximum Gasteiger partial charge on any atom is 0.256 e. The first-order valence-electron chi connectivity index (χ1n) is 10.1. The van der Waals surface area contributed by atoms with E-state index in [-0.39, 0.29) is 5.91 Å². The molecule has 2 aromatic carbocycles. The molecule has 8 heteroatoms. The number of methoxy groups -OCH3 is 1. The molecule has 7 nitrogen and oxygen atoms in total. The number of amides is 1. The summed E-state index contributed by atoms with van der Waals surface area (Å²) in [5, 5.41) is 13.0. The van der Waals surface area contributed by atoms with Gasteiger partial charge in [-0.3, -0.25) is 4.79 Å². The van der Waals surface area contributed by atoms with Crippen LogP contribution in [0.5, 0.6) is 5.75 Å². The van der Waals surface area contributed by atoms with Crippen molar-refractivity contribution in [1.82, 2.24) is 14.8 Å². The highest BCUT2D eigenvalue weighted by molar-refractivity contribution is 7.10. The average Bonchev–Trinajstić information content (AvgIpc) is 3.49. The number of rotatable bonds is 5. The molecule has 0 fully saturated rings. The lowest BCUT2D eigenvalue weighted by atomic mass is 10.0. The molecule has 3 heterocycles. The summed E-state index contributed by atoms with van der Waals surface area (Å²) in [7, 11) is 1.58. The van der Waals surface area contributed by atoms with Gasteiger partial charge in [-0.1, -0.05) is 48.5 Å². The smallest absolute Gasteiger partial charge is 0.256 e. The van der Waals surface area contributed by atoms with Gasteiger partial charge < -0.3 is 15.4 Å². The molecule has 1 aliphatic heterocycles. The van der Waals surface area contributed by atoms with Gasteiger partial charge in [0.05, 0.1) is 18.4 Å². The highest BCUT2D eigenvalue weighted by Crippen LogP contribution is 2.38. The molecule has 0 spiro atoms. The van der Waals surface area contributed by atoms with Crippen LogP contribution >= 0.6 is 11.3 Å². The maximum atomic E-state index is 13.5. The SMILES string of the molecule is COc1ccccc1NC(=O)C1=C(C)Nc2nc(-c3ccccc3)nn2C1c1cccs1.